The molecule has 3 rings (SSSR count). The van der Waals surface area contributed by atoms with E-state index in [1.165, 1.54) is 0 Å². The third kappa shape index (κ3) is 4.52. The zero-order valence-corrected chi connectivity index (χ0v) is 15.3. The summed E-state index contributed by atoms with van der Waals surface area (Å²) in [6.07, 6.45) is 0.847. The molecule has 0 unspecified atom stereocenters. The molecule has 0 spiro atoms. The fourth-order valence-electron chi connectivity index (χ4n) is 3.27. The lowest BCUT2D eigenvalue weighted by atomic mass is 10.2. The molecule has 2 amide bonds. The van der Waals surface area contributed by atoms with Crippen molar-refractivity contribution in [2.75, 3.05) is 38.0 Å². The molecule has 1 aliphatic rings. The molecule has 0 aliphatic carbocycles. The number of nitrogens with one attached hydrogen (secondary N) is 1. The lowest BCUT2D eigenvalue weighted by Crippen LogP contribution is -2.38. The summed E-state index contributed by atoms with van der Waals surface area (Å²) >= 11 is 0. The summed E-state index contributed by atoms with van der Waals surface area (Å²) < 4.78 is 5.48. The van der Waals surface area contributed by atoms with Crippen LogP contribution < -0.4 is 5.32 Å². The van der Waals surface area contributed by atoms with Gasteiger partial charge in [0.2, 0.25) is 5.91 Å². The van der Waals surface area contributed by atoms with Gasteiger partial charge in [-0.2, -0.15) is 0 Å². The average Bonchev–Trinajstić information content (AvgIpc) is 2.81. The Morgan fingerprint density at radius 2 is 1.85 bits per heavy atom. The second-order valence-electron chi connectivity index (χ2n) is 6.66. The first-order chi connectivity index (χ1) is 12.5. The number of furan rings is 1. The maximum Gasteiger partial charge on any atom is 0.257 e. The number of amides is 2. The third-order valence-electron chi connectivity index (χ3n) is 4.57. The quantitative estimate of drug-likeness (QED) is 0.916. The van der Waals surface area contributed by atoms with Crippen LogP contribution in [0.3, 0.4) is 0 Å². The molecule has 0 saturated carbocycles. The molecule has 2 heterocycles. The van der Waals surface area contributed by atoms with Crippen molar-refractivity contribution in [3.8, 4) is 0 Å². The molecule has 6 nitrogen and oxygen atoms in total. The van der Waals surface area contributed by atoms with Gasteiger partial charge < -0.3 is 14.6 Å². The van der Waals surface area contributed by atoms with Gasteiger partial charge in [0.1, 0.15) is 11.5 Å². The number of benzene rings is 1. The Kier molecular flexibility index (Phi) is 5.73. The highest BCUT2D eigenvalue weighted by molar-refractivity contribution is 5.95. The Morgan fingerprint density at radius 1 is 1.08 bits per heavy atom. The standard InChI is InChI=1S/C20H25N3O3/c1-15-13-18(16(2)26-15)20(25)23-10-6-9-22(11-12-23)14-19(24)21-17-7-4-3-5-8-17/h3-5,7-8,13H,6,9-12,14H2,1-2H3,(H,21,24). The molecule has 0 atom stereocenters. The molecule has 1 fully saturated rings. The second kappa shape index (κ2) is 8.19. The highest BCUT2D eigenvalue weighted by Crippen LogP contribution is 2.17. The van der Waals surface area contributed by atoms with Gasteiger partial charge in [0.05, 0.1) is 12.1 Å². The van der Waals surface area contributed by atoms with Crippen molar-refractivity contribution in [2.45, 2.75) is 20.3 Å². The molecule has 26 heavy (non-hydrogen) atoms. The van der Waals surface area contributed by atoms with Crippen LogP contribution in [-0.2, 0) is 4.79 Å². The first kappa shape index (κ1) is 18.2. The predicted octanol–water partition coefficient (Wildman–Crippen LogP) is 2.68. The van der Waals surface area contributed by atoms with Crippen LogP contribution in [0.2, 0.25) is 0 Å². The van der Waals surface area contributed by atoms with E-state index < -0.39 is 0 Å². The molecule has 6 heteroatoms. The summed E-state index contributed by atoms with van der Waals surface area (Å²) in [5.74, 6) is 1.39. The highest BCUT2D eigenvalue weighted by Gasteiger charge is 2.24. The van der Waals surface area contributed by atoms with Gasteiger partial charge in [-0.25, -0.2) is 0 Å². The van der Waals surface area contributed by atoms with Crippen molar-refractivity contribution in [2.24, 2.45) is 0 Å². The largest absolute Gasteiger partial charge is 0.466 e. The van der Waals surface area contributed by atoms with Crippen molar-refractivity contribution in [1.29, 1.82) is 0 Å². The first-order valence-electron chi connectivity index (χ1n) is 8.96. The number of aryl methyl sites for hydroxylation is 2. The van der Waals surface area contributed by atoms with Gasteiger partial charge >= 0.3 is 0 Å². The molecule has 0 radical (unpaired) electrons. The predicted molar refractivity (Wildman–Crippen MR) is 100 cm³/mol. The van der Waals surface area contributed by atoms with Gasteiger partial charge in [0.15, 0.2) is 0 Å². The molecule has 1 aromatic carbocycles. The van der Waals surface area contributed by atoms with Crippen molar-refractivity contribution in [3.05, 3.63) is 53.5 Å². The molecule has 1 saturated heterocycles. The normalized spacial score (nSPS) is 15.5. The number of hydrogen-bond donors (Lipinski definition) is 1. The zero-order chi connectivity index (χ0) is 18.5. The van der Waals surface area contributed by atoms with Crippen LogP contribution in [0.5, 0.6) is 0 Å². The fourth-order valence-corrected chi connectivity index (χ4v) is 3.27. The molecular formula is C20H25N3O3. The van der Waals surface area contributed by atoms with Gasteiger partial charge in [0.25, 0.3) is 5.91 Å². The van der Waals surface area contributed by atoms with Crippen LogP contribution in [0.25, 0.3) is 0 Å². The lowest BCUT2D eigenvalue weighted by Gasteiger charge is -2.21. The Labute approximate surface area is 153 Å². The van der Waals surface area contributed by atoms with E-state index in [1.807, 2.05) is 49.1 Å². The molecule has 2 aromatic rings. The Morgan fingerprint density at radius 3 is 2.54 bits per heavy atom. The van der Waals surface area contributed by atoms with Gasteiger partial charge in [-0.05, 0) is 38.5 Å². The fraction of sp³-hybridized carbons (Fsp3) is 0.400. The Balaban J connectivity index is 1.54. The number of carbonyl (C=O) groups is 2. The number of rotatable bonds is 4. The Hall–Kier alpha value is -2.60. The SMILES string of the molecule is Cc1cc(C(=O)N2CCCN(CC(=O)Nc3ccccc3)CC2)c(C)o1. The van der Waals surface area contributed by atoms with Crippen molar-refractivity contribution in [3.63, 3.8) is 0 Å². The van der Waals surface area contributed by atoms with Gasteiger partial charge in [-0.1, -0.05) is 18.2 Å². The summed E-state index contributed by atoms with van der Waals surface area (Å²) in [6.45, 7) is 6.79. The number of para-hydroxylation sites is 1. The van der Waals surface area contributed by atoms with Crippen LogP contribution in [0.1, 0.15) is 28.3 Å². The maximum absolute atomic E-state index is 12.7. The molecule has 0 bridgehead atoms. The number of hydrogen-bond acceptors (Lipinski definition) is 4. The van der Waals surface area contributed by atoms with E-state index in [-0.39, 0.29) is 11.8 Å². The van der Waals surface area contributed by atoms with E-state index >= 15 is 0 Å². The van der Waals surface area contributed by atoms with E-state index in [1.54, 1.807) is 6.07 Å². The monoisotopic (exact) mass is 355 g/mol. The molecule has 1 aromatic heterocycles. The molecule has 138 valence electrons. The summed E-state index contributed by atoms with van der Waals surface area (Å²) in [5.41, 5.74) is 1.44. The first-order valence-corrected chi connectivity index (χ1v) is 8.96. The van der Waals surface area contributed by atoms with Gasteiger partial charge in [-0.3, -0.25) is 14.5 Å². The Bertz CT molecular complexity index is 770. The van der Waals surface area contributed by atoms with Crippen LogP contribution >= 0.6 is 0 Å². The van der Waals surface area contributed by atoms with Crippen LogP contribution in [0.15, 0.2) is 40.8 Å². The number of nitrogens with zero attached hydrogens (tertiary/aromatic N) is 2. The van der Waals surface area contributed by atoms with E-state index in [0.29, 0.717) is 37.5 Å². The molecule has 1 aliphatic heterocycles. The second-order valence-corrected chi connectivity index (χ2v) is 6.66. The van der Waals surface area contributed by atoms with E-state index in [2.05, 4.69) is 10.2 Å². The third-order valence-corrected chi connectivity index (χ3v) is 4.57. The van der Waals surface area contributed by atoms with Crippen LogP contribution in [0.4, 0.5) is 5.69 Å². The zero-order valence-electron chi connectivity index (χ0n) is 15.3. The van der Waals surface area contributed by atoms with Crippen LogP contribution in [-0.4, -0.2) is 54.3 Å². The van der Waals surface area contributed by atoms with E-state index in [0.717, 1.165) is 24.4 Å². The molecule has 1 N–H and O–H groups in total. The smallest absolute Gasteiger partial charge is 0.257 e. The summed E-state index contributed by atoms with van der Waals surface area (Å²) in [4.78, 5) is 28.9. The summed E-state index contributed by atoms with van der Waals surface area (Å²) in [6, 6.07) is 11.2. The van der Waals surface area contributed by atoms with Crippen molar-refractivity contribution >= 4 is 17.5 Å². The highest BCUT2D eigenvalue weighted by atomic mass is 16.3. The minimum atomic E-state index is -0.0303. The maximum atomic E-state index is 12.7. The minimum absolute atomic E-state index is 0.00920. The summed E-state index contributed by atoms with van der Waals surface area (Å²) in [5, 5.41) is 2.91. The van der Waals surface area contributed by atoms with Gasteiger partial charge in [0, 0.05) is 31.9 Å². The average molecular weight is 355 g/mol. The summed E-state index contributed by atoms with van der Waals surface area (Å²) in [7, 11) is 0. The van der Waals surface area contributed by atoms with Crippen molar-refractivity contribution in [1.82, 2.24) is 9.80 Å². The van der Waals surface area contributed by atoms with Gasteiger partial charge in [-0.15, -0.1) is 0 Å². The number of carbonyl (C=O) groups excluding carboxylic acids is 2. The van der Waals surface area contributed by atoms with E-state index in [4.69, 9.17) is 4.42 Å². The minimum Gasteiger partial charge on any atom is -0.466 e. The lowest BCUT2D eigenvalue weighted by molar-refractivity contribution is -0.117. The van der Waals surface area contributed by atoms with Crippen molar-refractivity contribution < 1.29 is 14.0 Å². The van der Waals surface area contributed by atoms with Crippen LogP contribution in [0, 0.1) is 13.8 Å². The topological polar surface area (TPSA) is 65.8 Å². The number of anilines is 1. The molecular weight excluding hydrogens is 330 g/mol. The van der Waals surface area contributed by atoms with E-state index in [9.17, 15) is 9.59 Å².